The fourth-order valence-corrected chi connectivity index (χ4v) is 1.89. The van der Waals surface area contributed by atoms with Crippen molar-refractivity contribution >= 4 is 6.09 Å². The molecule has 0 aromatic rings. The van der Waals surface area contributed by atoms with Crippen LogP contribution in [0.4, 0.5) is 4.79 Å². The van der Waals surface area contributed by atoms with Gasteiger partial charge in [-0.15, -0.1) is 0 Å². The van der Waals surface area contributed by atoms with E-state index in [1.54, 1.807) is 0 Å². The second-order valence-corrected chi connectivity index (χ2v) is 4.39. The molecule has 0 fully saturated rings. The number of carbonyl (C=O) groups is 1. The SMILES string of the molecule is CNCCCNC(=O)OC1CC/C=C/CCC1. The Balaban J connectivity index is 2.13. The topological polar surface area (TPSA) is 50.4 Å². The number of rotatable bonds is 5. The van der Waals surface area contributed by atoms with Gasteiger partial charge in [0.2, 0.25) is 0 Å². The van der Waals surface area contributed by atoms with Gasteiger partial charge in [0.25, 0.3) is 0 Å². The summed E-state index contributed by atoms with van der Waals surface area (Å²) in [7, 11) is 1.90. The van der Waals surface area contributed by atoms with E-state index in [0.717, 1.165) is 45.1 Å². The Bertz CT molecular complexity index is 242. The van der Waals surface area contributed by atoms with Gasteiger partial charge in [-0.25, -0.2) is 4.79 Å². The zero-order valence-corrected chi connectivity index (χ0v) is 10.7. The molecule has 0 saturated carbocycles. The van der Waals surface area contributed by atoms with Crippen molar-refractivity contribution in [1.29, 1.82) is 0 Å². The highest BCUT2D eigenvalue weighted by Gasteiger charge is 2.13. The van der Waals surface area contributed by atoms with Crippen molar-refractivity contribution in [3.63, 3.8) is 0 Å². The summed E-state index contributed by atoms with van der Waals surface area (Å²) in [4.78, 5) is 11.5. The van der Waals surface area contributed by atoms with E-state index in [1.165, 1.54) is 0 Å². The lowest BCUT2D eigenvalue weighted by Crippen LogP contribution is -2.31. The first-order valence-electron chi connectivity index (χ1n) is 6.57. The van der Waals surface area contributed by atoms with Crippen molar-refractivity contribution in [2.45, 2.75) is 44.6 Å². The number of amides is 1. The van der Waals surface area contributed by atoms with E-state index in [9.17, 15) is 4.79 Å². The molecule has 0 aromatic heterocycles. The van der Waals surface area contributed by atoms with E-state index in [-0.39, 0.29) is 12.2 Å². The van der Waals surface area contributed by atoms with Gasteiger partial charge >= 0.3 is 6.09 Å². The Morgan fingerprint density at radius 2 is 2.12 bits per heavy atom. The zero-order valence-electron chi connectivity index (χ0n) is 10.7. The van der Waals surface area contributed by atoms with Gasteiger partial charge in [-0.1, -0.05) is 12.2 Å². The summed E-state index contributed by atoms with van der Waals surface area (Å²) < 4.78 is 5.40. The molecule has 1 aliphatic rings. The van der Waals surface area contributed by atoms with Crippen LogP contribution < -0.4 is 10.6 Å². The molecule has 1 aliphatic carbocycles. The predicted octanol–water partition coefficient (Wildman–Crippen LogP) is 2.21. The quantitative estimate of drug-likeness (QED) is 0.572. The van der Waals surface area contributed by atoms with Crippen LogP contribution in [0.25, 0.3) is 0 Å². The van der Waals surface area contributed by atoms with Crippen LogP contribution in [0.15, 0.2) is 12.2 Å². The standard InChI is InChI=1S/C13H24N2O2/c1-14-10-7-11-15-13(16)17-12-8-5-3-2-4-6-9-12/h2-3,12,14H,4-11H2,1H3,(H,15,16)/b3-2+. The van der Waals surface area contributed by atoms with E-state index in [4.69, 9.17) is 4.74 Å². The minimum atomic E-state index is -0.268. The number of hydrogen-bond donors (Lipinski definition) is 2. The second kappa shape index (κ2) is 9.05. The molecule has 98 valence electrons. The van der Waals surface area contributed by atoms with Gasteiger partial charge in [-0.05, 0) is 52.1 Å². The fourth-order valence-electron chi connectivity index (χ4n) is 1.89. The molecular weight excluding hydrogens is 216 g/mol. The first kappa shape index (κ1) is 14.0. The summed E-state index contributed by atoms with van der Waals surface area (Å²) in [5, 5.41) is 5.82. The number of carbonyl (C=O) groups excluding carboxylic acids is 1. The molecule has 0 bridgehead atoms. The first-order chi connectivity index (χ1) is 8.33. The van der Waals surface area contributed by atoms with E-state index >= 15 is 0 Å². The van der Waals surface area contributed by atoms with Crippen LogP contribution in [0.2, 0.25) is 0 Å². The summed E-state index contributed by atoms with van der Waals surface area (Å²) in [6.45, 7) is 1.58. The third kappa shape index (κ3) is 7.00. The van der Waals surface area contributed by atoms with E-state index < -0.39 is 0 Å². The summed E-state index contributed by atoms with van der Waals surface area (Å²) in [5.41, 5.74) is 0. The van der Waals surface area contributed by atoms with Crippen molar-refractivity contribution in [1.82, 2.24) is 10.6 Å². The molecule has 0 spiro atoms. The minimum absolute atomic E-state index is 0.0873. The van der Waals surface area contributed by atoms with Gasteiger partial charge in [-0.3, -0.25) is 0 Å². The second-order valence-electron chi connectivity index (χ2n) is 4.39. The third-order valence-corrected chi connectivity index (χ3v) is 2.87. The molecule has 0 aliphatic heterocycles. The maximum atomic E-state index is 11.5. The smallest absolute Gasteiger partial charge is 0.407 e. The molecule has 0 aromatic carbocycles. The predicted molar refractivity (Wildman–Crippen MR) is 69.0 cm³/mol. The lowest BCUT2D eigenvalue weighted by atomic mass is 10.0. The molecule has 1 atom stereocenters. The number of nitrogens with one attached hydrogen (secondary N) is 2. The molecule has 1 rings (SSSR count). The molecule has 4 nitrogen and oxygen atoms in total. The number of alkyl carbamates (subject to hydrolysis) is 1. The Labute approximate surface area is 104 Å². The summed E-state index contributed by atoms with van der Waals surface area (Å²) in [5.74, 6) is 0. The largest absolute Gasteiger partial charge is 0.446 e. The van der Waals surface area contributed by atoms with Crippen molar-refractivity contribution < 1.29 is 9.53 Å². The number of hydrogen-bond acceptors (Lipinski definition) is 3. The Morgan fingerprint density at radius 3 is 2.94 bits per heavy atom. The molecule has 17 heavy (non-hydrogen) atoms. The highest BCUT2D eigenvalue weighted by atomic mass is 16.6. The summed E-state index contributed by atoms with van der Waals surface area (Å²) in [6, 6.07) is 0. The molecule has 2 N–H and O–H groups in total. The molecule has 0 heterocycles. The van der Waals surface area contributed by atoms with E-state index in [2.05, 4.69) is 22.8 Å². The Morgan fingerprint density at radius 1 is 1.29 bits per heavy atom. The van der Waals surface area contributed by atoms with Crippen LogP contribution >= 0.6 is 0 Å². The molecular formula is C13H24N2O2. The van der Waals surface area contributed by atoms with Crippen LogP contribution in [0.1, 0.15) is 38.5 Å². The average Bonchev–Trinajstić information content (AvgIpc) is 2.28. The van der Waals surface area contributed by atoms with E-state index in [0.29, 0.717) is 6.54 Å². The van der Waals surface area contributed by atoms with E-state index in [1.807, 2.05) is 7.05 Å². The minimum Gasteiger partial charge on any atom is -0.446 e. The normalized spacial score (nSPS) is 22.3. The highest BCUT2D eigenvalue weighted by Crippen LogP contribution is 2.15. The maximum Gasteiger partial charge on any atom is 0.407 e. The molecule has 1 unspecified atom stereocenters. The third-order valence-electron chi connectivity index (χ3n) is 2.87. The fraction of sp³-hybridized carbons (Fsp3) is 0.769. The number of ether oxygens (including phenoxy) is 1. The molecule has 4 heteroatoms. The van der Waals surface area contributed by atoms with Crippen molar-refractivity contribution in [3.05, 3.63) is 12.2 Å². The lowest BCUT2D eigenvalue weighted by Gasteiger charge is -2.18. The zero-order chi connectivity index (χ0) is 12.3. The van der Waals surface area contributed by atoms with Crippen molar-refractivity contribution in [2.24, 2.45) is 0 Å². The maximum absolute atomic E-state index is 11.5. The van der Waals surface area contributed by atoms with Crippen molar-refractivity contribution in [2.75, 3.05) is 20.1 Å². The van der Waals surface area contributed by atoms with Gasteiger partial charge in [0, 0.05) is 6.54 Å². The highest BCUT2D eigenvalue weighted by molar-refractivity contribution is 5.67. The van der Waals surface area contributed by atoms with Crippen LogP contribution in [0.3, 0.4) is 0 Å². The Kier molecular flexibility index (Phi) is 7.47. The van der Waals surface area contributed by atoms with Crippen molar-refractivity contribution in [3.8, 4) is 0 Å². The van der Waals surface area contributed by atoms with Gasteiger partial charge in [0.15, 0.2) is 0 Å². The van der Waals surface area contributed by atoms with Gasteiger partial charge in [0.1, 0.15) is 6.10 Å². The number of allylic oxidation sites excluding steroid dienone is 2. The van der Waals surface area contributed by atoms with Crippen LogP contribution in [0.5, 0.6) is 0 Å². The summed E-state index contributed by atoms with van der Waals surface area (Å²) in [6.07, 6.45) is 10.3. The van der Waals surface area contributed by atoms with Crippen LogP contribution in [-0.4, -0.2) is 32.3 Å². The summed E-state index contributed by atoms with van der Waals surface area (Å²) >= 11 is 0. The van der Waals surface area contributed by atoms with Gasteiger partial charge < -0.3 is 15.4 Å². The van der Waals surface area contributed by atoms with Crippen LogP contribution in [-0.2, 0) is 4.74 Å². The molecule has 1 amide bonds. The lowest BCUT2D eigenvalue weighted by molar-refractivity contribution is 0.0864. The first-order valence-corrected chi connectivity index (χ1v) is 6.57. The Hall–Kier alpha value is -1.03. The molecule has 0 saturated heterocycles. The average molecular weight is 240 g/mol. The monoisotopic (exact) mass is 240 g/mol. The van der Waals surface area contributed by atoms with Crippen LogP contribution in [0, 0.1) is 0 Å². The van der Waals surface area contributed by atoms with Gasteiger partial charge in [0.05, 0.1) is 0 Å². The van der Waals surface area contributed by atoms with Gasteiger partial charge in [-0.2, -0.15) is 0 Å². The molecule has 0 radical (unpaired) electrons.